The van der Waals surface area contributed by atoms with E-state index in [1.54, 1.807) is 18.4 Å². The predicted octanol–water partition coefficient (Wildman–Crippen LogP) is 4.26. The van der Waals surface area contributed by atoms with Crippen LogP contribution >= 0.6 is 11.3 Å². The number of nitrogens with zero attached hydrogens (tertiary/aromatic N) is 2. The molecule has 1 aliphatic heterocycles. The van der Waals surface area contributed by atoms with E-state index in [1.807, 2.05) is 18.2 Å². The van der Waals surface area contributed by atoms with E-state index in [-0.39, 0.29) is 12.0 Å². The van der Waals surface area contributed by atoms with Crippen LogP contribution in [0.5, 0.6) is 5.75 Å². The Hall–Kier alpha value is -1.86. The van der Waals surface area contributed by atoms with E-state index in [9.17, 15) is 4.79 Å². The summed E-state index contributed by atoms with van der Waals surface area (Å²) in [6, 6.07) is 5.75. The second-order valence-electron chi connectivity index (χ2n) is 6.89. The SMILES string of the molecule is CCCCCOC(=O)[C@@H]1CCCCN1CNc1nc2cc(OC)ccc2s1. The average Bonchev–Trinajstić information content (AvgIpc) is 3.11. The molecule has 0 unspecified atom stereocenters. The first-order valence-electron chi connectivity index (χ1n) is 9.80. The second kappa shape index (κ2) is 9.90. The highest BCUT2D eigenvalue weighted by atomic mass is 32.1. The Morgan fingerprint density at radius 3 is 3.07 bits per heavy atom. The van der Waals surface area contributed by atoms with Crippen molar-refractivity contribution in [1.29, 1.82) is 0 Å². The molecule has 1 saturated heterocycles. The quantitative estimate of drug-likeness (QED) is 0.509. The Balaban J connectivity index is 1.57. The molecular formula is C20H29N3O3S. The third-order valence-corrected chi connectivity index (χ3v) is 5.90. The van der Waals surface area contributed by atoms with Crippen molar-refractivity contribution in [3.63, 3.8) is 0 Å². The van der Waals surface area contributed by atoms with E-state index in [0.29, 0.717) is 13.3 Å². The number of likely N-dealkylation sites (tertiary alicyclic amines) is 1. The van der Waals surface area contributed by atoms with Crippen molar-refractivity contribution in [1.82, 2.24) is 9.88 Å². The van der Waals surface area contributed by atoms with Crippen LogP contribution in [0.1, 0.15) is 45.4 Å². The molecule has 27 heavy (non-hydrogen) atoms. The van der Waals surface area contributed by atoms with Crippen LogP contribution in [0.15, 0.2) is 18.2 Å². The fourth-order valence-electron chi connectivity index (χ4n) is 3.35. The van der Waals surface area contributed by atoms with Gasteiger partial charge in [0.15, 0.2) is 5.13 Å². The third-order valence-electron chi connectivity index (χ3n) is 4.91. The van der Waals surface area contributed by atoms with Gasteiger partial charge in [-0.2, -0.15) is 0 Å². The molecule has 3 rings (SSSR count). The minimum Gasteiger partial charge on any atom is -0.497 e. The fourth-order valence-corrected chi connectivity index (χ4v) is 4.18. The van der Waals surface area contributed by atoms with Crippen molar-refractivity contribution in [2.45, 2.75) is 51.5 Å². The number of rotatable bonds is 9. The summed E-state index contributed by atoms with van der Waals surface area (Å²) in [4.78, 5) is 19.3. The number of anilines is 1. The molecule has 1 N–H and O–H groups in total. The molecule has 1 aromatic heterocycles. The smallest absolute Gasteiger partial charge is 0.323 e. The minimum atomic E-state index is -0.151. The minimum absolute atomic E-state index is 0.0818. The van der Waals surface area contributed by atoms with E-state index < -0.39 is 0 Å². The van der Waals surface area contributed by atoms with E-state index in [4.69, 9.17) is 9.47 Å². The normalized spacial score (nSPS) is 17.8. The molecule has 0 saturated carbocycles. The second-order valence-corrected chi connectivity index (χ2v) is 7.92. The van der Waals surface area contributed by atoms with Gasteiger partial charge in [-0.25, -0.2) is 4.98 Å². The average molecular weight is 392 g/mol. The zero-order chi connectivity index (χ0) is 19.1. The number of benzene rings is 1. The first-order valence-corrected chi connectivity index (χ1v) is 10.6. The largest absolute Gasteiger partial charge is 0.497 e. The maximum absolute atomic E-state index is 12.5. The summed E-state index contributed by atoms with van der Waals surface area (Å²) in [6.07, 6.45) is 6.23. The number of nitrogens with one attached hydrogen (secondary N) is 1. The number of hydrogen-bond donors (Lipinski definition) is 1. The summed E-state index contributed by atoms with van der Waals surface area (Å²) in [6.45, 7) is 4.19. The number of piperidine rings is 1. The van der Waals surface area contributed by atoms with Gasteiger partial charge in [0.2, 0.25) is 0 Å². The highest BCUT2D eigenvalue weighted by molar-refractivity contribution is 7.22. The molecule has 1 aromatic carbocycles. The summed E-state index contributed by atoms with van der Waals surface area (Å²) >= 11 is 1.61. The number of unbranched alkanes of at least 4 members (excludes halogenated alkanes) is 2. The van der Waals surface area contributed by atoms with E-state index in [2.05, 4.69) is 22.1 Å². The molecule has 6 nitrogen and oxygen atoms in total. The van der Waals surface area contributed by atoms with Crippen molar-refractivity contribution < 1.29 is 14.3 Å². The zero-order valence-corrected chi connectivity index (χ0v) is 17.0. The highest BCUT2D eigenvalue weighted by Crippen LogP contribution is 2.29. The molecule has 2 heterocycles. The Morgan fingerprint density at radius 2 is 2.26 bits per heavy atom. The van der Waals surface area contributed by atoms with Gasteiger partial charge in [0.1, 0.15) is 11.8 Å². The molecule has 1 aliphatic rings. The van der Waals surface area contributed by atoms with Crippen LogP contribution in [0.4, 0.5) is 5.13 Å². The van der Waals surface area contributed by atoms with Crippen molar-refractivity contribution in [3.05, 3.63) is 18.2 Å². The number of aromatic nitrogens is 1. The lowest BCUT2D eigenvalue weighted by atomic mass is 10.0. The summed E-state index contributed by atoms with van der Waals surface area (Å²) in [5.74, 6) is 0.725. The van der Waals surface area contributed by atoms with Crippen LogP contribution in [0, 0.1) is 0 Å². The first kappa shape index (κ1) is 19.9. The molecule has 148 valence electrons. The van der Waals surface area contributed by atoms with Crippen LogP contribution in [0.2, 0.25) is 0 Å². The molecule has 0 spiro atoms. The number of carbonyl (C=O) groups excluding carboxylic acids is 1. The maximum atomic E-state index is 12.5. The molecule has 0 bridgehead atoms. The lowest BCUT2D eigenvalue weighted by Crippen LogP contribution is -2.47. The number of hydrogen-bond acceptors (Lipinski definition) is 7. The van der Waals surface area contributed by atoms with Gasteiger partial charge >= 0.3 is 5.97 Å². The Bertz CT molecular complexity index is 749. The van der Waals surface area contributed by atoms with Gasteiger partial charge in [-0.05, 0) is 31.4 Å². The van der Waals surface area contributed by atoms with Crippen LogP contribution in [0.25, 0.3) is 10.2 Å². The van der Waals surface area contributed by atoms with Gasteiger partial charge in [0.05, 0.1) is 30.6 Å². The van der Waals surface area contributed by atoms with Crippen LogP contribution in [0.3, 0.4) is 0 Å². The number of methoxy groups -OCH3 is 1. The van der Waals surface area contributed by atoms with Gasteiger partial charge in [-0.1, -0.05) is 37.5 Å². The number of carbonyl (C=O) groups is 1. The number of fused-ring (bicyclic) bond motifs is 1. The fraction of sp³-hybridized carbons (Fsp3) is 0.600. The molecule has 0 radical (unpaired) electrons. The standard InChI is InChI=1S/C20H29N3O3S/c1-3-4-7-12-26-19(24)17-8-5-6-11-23(17)14-21-20-22-16-13-15(25-2)9-10-18(16)27-20/h9-10,13,17H,3-8,11-12,14H2,1-2H3,(H,21,22)/t17-/m0/s1. The Kier molecular flexibility index (Phi) is 7.29. The maximum Gasteiger partial charge on any atom is 0.323 e. The van der Waals surface area contributed by atoms with Crippen LogP contribution < -0.4 is 10.1 Å². The number of esters is 1. The summed E-state index contributed by atoms with van der Waals surface area (Å²) in [7, 11) is 1.66. The predicted molar refractivity (Wildman–Crippen MR) is 109 cm³/mol. The molecule has 1 atom stereocenters. The number of ether oxygens (including phenoxy) is 2. The molecule has 2 aromatic rings. The van der Waals surface area contributed by atoms with Crippen molar-refractivity contribution in [2.24, 2.45) is 0 Å². The van der Waals surface area contributed by atoms with Crippen molar-refractivity contribution in [3.8, 4) is 5.75 Å². The molecule has 0 amide bonds. The molecule has 1 fully saturated rings. The number of thiazole rings is 1. The first-order chi connectivity index (χ1) is 13.2. The van der Waals surface area contributed by atoms with Gasteiger partial charge in [0, 0.05) is 12.6 Å². The topological polar surface area (TPSA) is 63.7 Å². The van der Waals surface area contributed by atoms with Crippen LogP contribution in [-0.4, -0.2) is 48.8 Å². The van der Waals surface area contributed by atoms with Crippen molar-refractivity contribution in [2.75, 3.05) is 32.2 Å². The van der Waals surface area contributed by atoms with Gasteiger partial charge in [-0.15, -0.1) is 0 Å². The van der Waals surface area contributed by atoms with E-state index in [0.717, 1.165) is 66.2 Å². The van der Waals surface area contributed by atoms with Crippen LogP contribution in [-0.2, 0) is 9.53 Å². The summed E-state index contributed by atoms with van der Waals surface area (Å²) < 4.78 is 11.9. The zero-order valence-electron chi connectivity index (χ0n) is 16.2. The molecule has 0 aliphatic carbocycles. The molecular weight excluding hydrogens is 362 g/mol. The summed E-state index contributed by atoms with van der Waals surface area (Å²) in [5, 5.41) is 4.25. The van der Waals surface area contributed by atoms with Crippen molar-refractivity contribution >= 4 is 32.7 Å². The summed E-state index contributed by atoms with van der Waals surface area (Å²) in [5.41, 5.74) is 0.923. The molecule has 7 heteroatoms. The van der Waals surface area contributed by atoms with Gasteiger partial charge in [0.25, 0.3) is 0 Å². The third kappa shape index (κ3) is 5.32. The Morgan fingerprint density at radius 1 is 1.37 bits per heavy atom. The Labute approximate surface area is 164 Å². The lowest BCUT2D eigenvalue weighted by molar-refractivity contribution is -0.151. The lowest BCUT2D eigenvalue weighted by Gasteiger charge is -2.33. The highest BCUT2D eigenvalue weighted by Gasteiger charge is 2.29. The van der Waals surface area contributed by atoms with E-state index >= 15 is 0 Å². The van der Waals surface area contributed by atoms with Gasteiger partial charge in [-0.3, -0.25) is 9.69 Å². The van der Waals surface area contributed by atoms with Gasteiger partial charge < -0.3 is 14.8 Å². The monoisotopic (exact) mass is 391 g/mol. The van der Waals surface area contributed by atoms with E-state index in [1.165, 1.54) is 0 Å².